The van der Waals surface area contributed by atoms with Crippen LogP contribution in [0.3, 0.4) is 0 Å². The number of carbonyl (C=O) groups excluding carboxylic acids is 1. The summed E-state index contributed by atoms with van der Waals surface area (Å²) in [6.45, 7) is -4.79. The Morgan fingerprint density at radius 3 is 0.524 bits per heavy atom. The van der Waals surface area contributed by atoms with Crippen LogP contribution in [0.5, 0.6) is 0 Å². The van der Waals surface area contributed by atoms with E-state index in [9.17, 15) is 4.79 Å². The van der Waals surface area contributed by atoms with E-state index in [0.717, 1.165) is 0 Å². The van der Waals surface area contributed by atoms with Crippen LogP contribution in [-0.2, 0) is 8.98 Å². The first-order chi connectivity index (χ1) is 19.8. The van der Waals surface area contributed by atoms with E-state index in [2.05, 4.69) is 17.1 Å². The number of hydrogen-bond acceptors (Lipinski definition) is 19. The first-order valence-electron chi connectivity index (χ1n) is 12.4. The molecule has 18 nitrogen and oxygen atoms in total. The van der Waals surface area contributed by atoms with Crippen molar-refractivity contribution in [1.82, 2.24) is 0 Å². The number of thiol groups is 1. The molecule has 0 unspecified atom stereocenters. The van der Waals surface area contributed by atoms with Gasteiger partial charge in [0.15, 0.2) is 0 Å². The number of rotatable bonds is 17. The monoisotopic (exact) mass is 650 g/mol. The lowest BCUT2D eigenvalue weighted by atomic mass is 9.93. The summed E-state index contributed by atoms with van der Waals surface area (Å²) >= 11 is 3.25. The maximum Gasteiger partial charge on any atom is 0.317 e. The maximum atomic E-state index is 9.88. The Labute approximate surface area is 250 Å². The highest BCUT2D eigenvalue weighted by Gasteiger charge is 2.28. The molecule has 0 aliphatic rings. The lowest BCUT2D eigenvalue weighted by molar-refractivity contribution is -0.132. The molecule has 0 fully saturated rings. The van der Waals surface area contributed by atoms with Gasteiger partial charge in [-0.1, -0.05) is 6.92 Å². The van der Waals surface area contributed by atoms with Crippen molar-refractivity contribution >= 4 is 18.9 Å². The minimum Gasteiger partial charge on any atom is -0.396 e. The summed E-state index contributed by atoms with van der Waals surface area (Å²) in [5, 5.41) is 136. The van der Waals surface area contributed by atoms with E-state index < -0.39 is 127 Å². The molecular weight excluding hydrogens is 596 g/mol. The Balaban J connectivity index is -0.000000137. The molecule has 260 valence electrons. The minimum absolute atomic E-state index is 0.293. The van der Waals surface area contributed by atoms with Crippen LogP contribution in [0.25, 0.3) is 0 Å². The lowest BCUT2D eigenvalue weighted by Gasteiger charge is -2.23. The second-order valence-corrected chi connectivity index (χ2v) is 9.53. The van der Waals surface area contributed by atoms with Crippen LogP contribution < -0.4 is 0 Å². The summed E-state index contributed by atoms with van der Waals surface area (Å²) in [7, 11) is 0. The van der Waals surface area contributed by atoms with Crippen LogP contribution in [0.4, 0.5) is 0 Å². The van der Waals surface area contributed by atoms with Crippen LogP contribution >= 0.6 is 12.9 Å². The minimum atomic E-state index is -1.11. The van der Waals surface area contributed by atoms with Crippen LogP contribution in [-0.4, -0.2) is 193 Å². The molecule has 0 heterocycles. The van der Waals surface area contributed by atoms with Gasteiger partial charge in [0, 0.05) is 19.3 Å². The van der Waals surface area contributed by atoms with Crippen LogP contribution in [0.15, 0.2) is 0 Å². The van der Waals surface area contributed by atoms with Crippen molar-refractivity contribution in [2.75, 3.05) is 106 Å². The summed E-state index contributed by atoms with van der Waals surface area (Å²) < 4.78 is 3.95. The number of carbonyl (C=O) groups is 1. The summed E-state index contributed by atoms with van der Waals surface area (Å²) in [5.74, 6) is -0.293. The Morgan fingerprint density at radius 1 is 0.405 bits per heavy atom. The van der Waals surface area contributed by atoms with E-state index in [0.29, 0.717) is 6.42 Å². The first kappa shape index (κ1) is 50.8. The van der Waals surface area contributed by atoms with Crippen molar-refractivity contribution in [3.63, 3.8) is 0 Å². The van der Waals surface area contributed by atoms with Crippen molar-refractivity contribution in [2.24, 2.45) is 21.7 Å². The highest BCUT2D eigenvalue weighted by molar-refractivity contribution is 7.75. The maximum absolute atomic E-state index is 9.88. The van der Waals surface area contributed by atoms with Crippen LogP contribution in [0.1, 0.15) is 13.3 Å². The van der Waals surface area contributed by atoms with Crippen LogP contribution in [0, 0.1) is 21.7 Å². The molecule has 19 heteroatoms. The zero-order chi connectivity index (χ0) is 34.3. The summed E-state index contributed by atoms with van der Waals surface area (Å²) in [6.07, 6.45) is 0.392. The fourth-order valence-electron chi connectivity index (χ4n) is 1.26. The van der Waals surface area contributed by atoms with Gasteiger partial charge in [0.2, 0.25) is 0 Å². The fraction of sp³-hybridized carbons (Fsp3) is 0.957. The van der Waals surface area contributed by atoms with Gasteiger partial charge < -0.3 is 85.9 Å². The standard InChI is InChI=1S/4C5H12O4.C3H6O2S/c4*6-1-5(2-7,3-8)4-9;1-2-3(4)5-6/h4*6-9H,1-4H2;6H,2H2,1H3. The van der Waals surface area contributed by atoms with Gasteiger partial charge in [-0.15, -0.1) is 0 Å². The normalized spacial score (nSPS) is 11.4. The molecule has 0 radical (unpaired) electrons. The third kappa shape index (κ3) is 21.8. The topological polar surface area (TPSA) is 350 Å². The molecule has 0 aromatic heterocycles. The van der Waals surface area contributed by atoms with E-state index >= 15 is 0 Å². The Morgan fingerprint density at radius 2 is 0.524 bits per heavy atom. The van der Waals surface area contributed by atoms with Gasteiger partial charge in [-0.05, 0) is 0 Å². The van der Waals surface area contributed by atoms with Crippen molar-refractivity contribution in [3.8, 4) is 0 Å². The van der Waals surface area contributed by atoms with Gasteiger partial charge in [0.05, 0.1) is 127 Å². The van der Waals surface area contributed by atoms with Crippen molar-refractivity contribution in [3.05, 3.63) is 0 Å². The molecule has 0 saturated carbocycles. The van der Waals surface area contributed by atoms with Gasteiger partial charge in [0.25, 0.3) is 0 Å². The summed E-state index contributed by atoms with van der Waals surface area (Å²) in [5.41, 5.74) is -4.44. The number of aliphatic hydroxyl groups is 16. The number of hydrogen-bond donors (Lipinski definition) is 17. The molecule has 0 amide bonds. The Hall–Kier alpha value is -0.820. The van der Waals surface area contributed by atoms with E-state index in [1.54, 1.807) is 6.92 Å². The molecule has 16 N–H and O–H groups in total. The smallest absolute Gasteiger partial charge is 0.317 e. The van der Waals surface area contributed by atoms with E-state index in [1.807, 2.05) is 0 Å². The van der Waals surface area contributed by atoms with Gasteiger partial charge >= 0.3 is 5.97 Å². The van der Waals surface area contributed by atoms with Crippen molar-refractivity contribution in [2.45, 2.75) is 13.3 Å². The van der Waals surface area contributed by atoms with Crippen LogP contribution in [0.2, 0.25) is 0 Å². The molecule has 0 aliphatic heterocycles. The predicted octanol–water partition coefficient (Wildman–Crippen LogP) is -7.45. The van der Waals surface area contributed by atoms with E-state index in [4.69, 9.17) is 81.7 Å². The second-order valence-electron chi connectivity index (χ2n) is 9.35. The molecule has 0 atom stereocenters. The zero-order valence-corrected chi connectivity index (χ0v) is 24.8. The second kappa shape index (κ2) is 31.6. The van der Waals surface area contributed by atoms with E-state index in [1.165, 1.54) is 0 Å². The lowest BCUT2D eigenvalue weighted by Crippen LogP contribution is -2.37. The molecule has 0 spiro atoms. The zero-order valence-electron chi connectivity index (χ0n) is 23.9. The molecule has 0 rings (SSSR count). The molecule has 0 bridgehead atoms. The predicted molar refractivity (Wildman–Crippen MR) is 148 cm³/mol. The highest BCUT2D eigenvalue weighted by atomic mass is 32.1. The third-order valence-electron chi connectivity index (χ3n) is 5.76. The van der Waals surface area contributed by atoms with Crippen molar-refractivity contribution < 1.29 is 90.7 Å². The summed E-state index contributed by atoms with van der Waals surface area (Å²) in [6, 6.07) is 0. The molecule has 0 saturated heterocycles. The van der Waals surface area contributed by atoms with Gasteiger partial charge in [0.1, 0.15) is 0 Å². The molecule has 42 heavy (non-hydrogen) atoms. The average Bonchev–Trinajstić information content (AvgIpc) is 3.07. The fourth-order valence-corrected chi connectivity index (χ4v) is 1.39. The largest absolute Gasteiger partial charge is 0.396 e. The van der Waals surface area contributed by atoms with Gasteiger partial charge in [-0.25, -0.2) is 0 Å². The molecule has 0 aromatic carbocycles. The molecule has 0 aromatic rings. The number of aliphatic hydroxyl groups excluding tert-OH is 16. The highest BCUT2D eigenvalue weighted by Crippen LogP contribution is 2.13. The average molecular weight is 651 g/mol. The SMILES string of the molecule is CCC(=O)OS.OCC(CO)(CO)CO.OCC(CO)(CO)CO.OCC(CO)(CO)CO.OCC(CO)(CO)CO. The molecule has 0 aliphatic carbocycles. The van der Waals surface area contributed by atoms with Crippen molar-refractivity contribution in [1.29, 1.82) is 0 Å². The van der Waals surface area contributed by atoms with Gasteiger partial charge in [-0.2, -0.15) is 0 Å². The quantitative estimate of drug-likeness (QED) is 0.0513. The third-order valence-corrected chi connectivity index (χ3v) is 5.96. The molecular formula is C23H54O18S. The van der Waals surface area contributed by atoms with E-state index in [-0.39, 0.29) is 5.97 Å². The first-order valence-corrected chi connectivity index (χ1v) is 12.7. The Kier molecular flexibility index (Phi) is 38.2. The van der Waals surface area contributed by atoms with Gasteiger partial charge in [-0.3, -0.25) is 4.79 Å². The Bertz CT molecular complexity index is 399. The summed E-state index contributed by atoms with van der Waals surface area (Å²) in [4.78, 5) is 9.88.